The van der Waals surface area contributed by atoms with E-state index in [1.165, 1.54) is 6.92 Å². The summed E-state index contributed by atoms with van der Waals surface area (Å²) in [5.41, 5.74) is 2.00. The minimum Gasteiger partial charge on any atom is -0.454 e. The van der Waals surface area contributed by atoms with Gasteiger partial charge in [-0.2, -0.15) is 0 Å². The normalized spacial score (nSPS) is 12.3. The van der Waals surface area contributed by atoms with Crippen molar-refractivity contribution in [3.63, 3.8) is 0 Å². The summed E-state index contributed by atoms with van der Waals surface area (Å²) in [5.74, 6) is -0.254. The van der Waals surface area contributed by atoms with E-state index in [2.05, 4.69) is 10.5 Å². The van der Waals surface area contributed by atoms with Crippen LogP contribution in [0.2, 0.25) is 0 Å². The minimum atomic E-state index is -0.757. The molecule has 0 bridgehead atoms. The third-order valence-corrected chi connectivity index (χ3v) is 4.12. The number of amides is 1. The number of para-hydroxylation sites is 1. The standard InChI is InChI=1S/C21H20N2O7/c1-13(15-7-8-18-19(9-15)29-12-28-18)23-30-11-21(26)27-10-20(25)22-17-6-4-3-5-16(17)14(2)24/h3-9H,10-12H2,1-2H3,(H,22,25)/b23-13-. The van der Waals surface area contributed by atoms with Gasteiger partial charge in [0.1, 0.15) is 0 Å². The summed E-state index contributed by atoms with van der Waals surface area (Å²) in [6.45, 7) is 2.31. The van der Waals surface area contributed by atoms with E-state index in [0.29, 0.717) is 28.5 Å². The van der Waals surface area contributed by atoms with Gasteiger partial charge in [-0.3, -0.25) is 9.59 Å². The predicted octanol–water partition coefficient (Wildman–Crippen LogP) is 2.54. The molecule has 1 aliphatic rings. The maximum absolute atomic E-state index is 12.0. The molecule has 0 atom stereocenters. The number of oxime groups is 1. The summed E-state index contributed by atoms with van der Waals surface area (Å²) in [4.78, 5) is 40.3. The molecule has 2 aromatic rings. The van der Waals surface area contributed by atoms with E-state index in [9.17, 15) is 14.4 Å². The predicted molar refractivity (Wildman–Crippen MR) is 107 cm³/mol. The molecule has 9 heteroatoms. The quantitative estimate of drug-likeness (QED) is 0.307. The lowest BCUT2D eigenvalue weighted by atomic mass is 10.1. The number of rotatable bonds is 8. The molecule has 1 aliphatic heterocycles. The van der Waals surface area contributed by atoms with Crippen molar-refractivity contribution in [2.24, 2.45) is 5.16 Å². The summed E-state index contributed by atoms with van der Waals surface area (Å²) in [7, 11) is 0. The maximum atomic E-state index is 12.0. The van der Waals surface area contributed by atoms with Crippen molar-refractivity contribution >= 4 is 29.1 Å². The van der Waals surface area contributed by atoms with Gasteiger partial charge in [0.15, 0.2) is 23.9 Å². The van der Waals surface area contributed by atoms with E-state index in [-0.39, 0.29) is 12.6 Å². The summed E-state index contributed by atoms with van der Waals surface area (Å²) >= 11 is 0. The Labute approximate surface area is 172 Å². The van der Waals surface area contributed by atoms with Crippen LogP contribution in [0.25, 0.3) is 0 Å². The molecule has 1 amide bonds. The molecular formula is C21H20N2O7. The number of ether oxygens (including phenoxy) is 3. The monoisotopic (exact) mass is 412 g/mol. The van der Waals surface area contributed by atoms with Gasteiger partial charge in [0.25, 0.3) is 5.91 Å². The van der Waals surface area contributed by atoms with Crippen LogP contribution in [0.5, 0.6) is 11.5 Å². The first-order valence-electron chi connectivity index (χ1n) is 9.06. The van der Waals surface area contributed by atoms with Gasteiger partial charge in [0.05, 0.1) is 11.4 Å². The number of carbonyl (C=O) groups is 3. The Morgan fingerprint density at radius 3 is 2.60 bits per heavy atom. The molecule has 0 fully saturated rings. The van der Waals surface area contributed by atoms with E-state index >= 15 is 0 Å². The van der Waals surface area contributed by atoms with Crippen LogP contribution in [0.3, 0.4) is 0 Å². The fraction of sp³-hybridized carbons (Fsp3) is 0.238. The van der Waals surface area contributed by atoms with Crippen LogP contribution in [0, 0.1) is 0 Å². The van der Waals surface area contributed by atoms with Crippen molar-refractivity contribution in [1.82, 2.24) is 0 Å². The Hall–Kier alpha value is -3.88. The molecule has 3 rings (SSSR count). The van der Waals surface area contributed by atoms with Crippen LogP contribution >= 0.6 is 0 Å². The van der Waals surface area contributed by atoms with E-state index < -0.39 is 25.1 Å². The number of Topliss-reactive ketones (excluding diaryl/α,β-unsaturated/α-hetero) is 1. The zero-order valence-electron chi connectivity index (χ0n) is 16.5. The van der Waals surface area contributed by atoms with E-state index in [1.807, 2.05) is 0 Å². The summed E-state index contributed by atoms with van der Waals surface area (Å²) < 4.78 is 15.4. The molecule has 2 aromatic carbocycles. The van der Waals surface area contributed by atoms with Crippen LogP contribution < -0.4 is 14.8 Å². The number of benzene rings is 2. The first-order chi connectivity index (χ1) is 14.4. The number of hydrogen-bond donors (Lipinski definition) is 1. The second-order valence-corrected chi connectivity index (χ2v) is 6.33. The zero-order valence-corrected chi connectivity index (χ0v) is 16.5. The Morgan fingerprint density at radius 1 is 1.03 bits per heavy atom. The van der Waals surface area contributed by atoms with Gasteiger partial charge in [0, 0.05) is 11.1 Å². The van der Waals surface area contributed by atoms with Gasteiger partial charge in [-0.25, -0.2) is 4.79 Å². The summed E-state index contributed by atoms with van der Waals surface area (Å²) in [6, 6.07) is 11.9. The van der Waals surface area contributed by atoms with Crippen molar-refractivity contribution in [2.75, 3.05) is 25.3 Å². The molecule has 0 saturated carbocycles. The Morgan fingerprint density at radius 2 is 1.80 bits per heavy atom. The van der Waals surface area contributed by atoms with Crippen LogP contribution in [-0.4, -0.2) is 43.4 Å². The number of carbonyl (C=O) groups excluding carboxylic acids is 3. The lowest BCUT2D eigenvalue weighted by molar-refractivity contribution is -0.151. The average molecular weight is 412 g/mol. The maximum Gasteiger partial charge on any atom is 0.347 e. The smallest absolute Gasteiger partial charge is 0.347 e. The van der Waals surface area contributed by atoms with E-state index in [4.69, 9.17) is 19.0 Å². The molecule has 0 radical (unpaired) electrons. The van der Waals surface area contributed by atoms with Crippen molar-refractivity contribution in [3.05, 3.63) is 53.6 Å². The first kappa shape index (κ1) is 20.8. The van der Waals surface area contributed by atoms with Gasteiger partial charge in [-0.15, -0.1) is 0 Å². The fourth-order valence-corrected chi connectivity index (χ4v) is 2.63. The van der Waals surface area contributed by atoms with Crippen LogP contribution in [0.4, 0.5) is 5.69 Å². The van der Waals surface area contributed by atoms with Crippen molar-refractivity contribution in [1.29, 1.82) is 0 Å². The van der Waals surface area contributed by atoms with Gasteiger partial charge in [0.2, 0.25) is 13.4 Å². The number of hydrogen-bond acceptors (Lipinski definition) is 8. The second kappa shape index (κ2) is 9.55. The SMILES string of the molecule is CC(=O)c1ccccc1NC(=O)COC(=O)CO/N=C(/C)c1ccc2c(c1)OCO2. The molecule has 0 aliphatic carbocycles. The molecule has 0 aromatic heterocycles. The third-order valence-electron chi connectivity index (χ3n) is 4.12. The first-order valence-corrected chi connectivity index (χ1v) is 9.06. The Balaban J connectivity index is 1.44. The molecule has 0 saturated heterocycles. The Bertz CT molecular complexity index is 1000. The molecule has 0 unspecified atom stereocenters. The highest BCUT2D eigenvalue weighted by Crippen LogP contribution is 2.32. The molecule has 9 nitrogen and oxygen atoms in total. The van der Waals surface area contributed by atoms with Crippen molar-refractivity contribution in [2.45, 2.75) is 13.8 Å². The molecular weight excluding hydrogens is 392 g/mol. The fourth-order valence-electron chi connectivity index (χ4n) is 2.63. The van der Waals surface area contributed by atoms with Crippen LogP contribution in [0.1, 0.15) is 29.8 Å². The number of anilines is 1. The molecule has 1 N–H and O–H groups in total. The number of fused-ring (bicyclic) bond motifs is 1. The zero-order chi connectivity index (χ0) is 21.5. The Kier molecular flexibility index (Phi) is 6.63. The van der Waals surface area contributed by atoms with Gasteiger partial charge >= 0.3 is 5.97 Å². The van der Waals surface area contributed by atoms with Crippen molar-refractivity contribution < 1.29 is 33.4 Å². The highest BCUT2D eigenvalue weighted by atomic mass is 16.7. The summed E-state index contributed by atoms with van der Waals surface area (Å²) in [5, 5.41) is 6.40. The van der Waals surface area contributed by atoms with Crippen LogP contribution in [0.15, 0.2) is 47.6 Å². The second-order valence-electron chi connectivity index (χ2n) is 6.33. The third kappa shape index (κ3) is 5.34. The molecule has 0 spiro atoms. The molecule has 30 heavy (non-hydrogen) atoms. The number of nitrogens with zero attached hydrogens (tertiary/aromatic N) is 1. The van der Waals surface area contributed by atoms with E-state index in [0.717, 1.165) is 5.56 Å². The minimum absolute atomic E-state index is 0.172. The topological polar surface area (TPSA) is 113 Å². The highest BCUT2D eigenvalue weighted by Gasteiger charge is 2.15. The summed E-state index contributed by atoms with van der Waals surface area (Å²) in [6.07, 6.45) is 0. The number of esters is 1. The van der Waals surface area contributed by atoms with Gasteiger partial charge in [-0.1, -0.05) is 17.3 Å². The molecule has 1 heterocycles. The number of ketones is 1. The van der Waals surface area contributed by atoms with Crippen molar-refractivity contribution in [3.8, 4) is 11.5 Å². The lowest BCUT2D eigenvalue weighted by Crippen LogP contribution is -2.23. The largest absolute Gasteiger partial charge is 0.454 e. The number of nitrogens with one attached hydrogen (secondary N) is 1. The lowest BCUT2D eigenvalue weighted by Gasteiger charge is -2.09. The highest BCUT2D eigenvalue weighted by molar-refractivity contribution is 6.04. The van der Waals surface area contributed by atoms with Gasteiger partial charge < -0.3 is 24.4 Å². The van der Waals surface area contributed by atoms with Crippen LogP contribution in [-0.2, 0) is 19.2 Å². The molecule has 156 valence electrons. The van der Waals surface area contributed by atoms with E-state index in [1.54, 1.807) is 49.4 Å². The average Bonchev–Trinajstić information content (AvgIpc) is 3.20. The van der Waals surface area contributed by atoms with Gasteiger partial charge in [-0.05, 0) is 44.2 Å².